The van der Waals surface area contributed by atoms with Crippen LogP contribution >= 0.6 is 80.9 Å². The fourth-order valence-electron chi connectivity index (χ4n) is 16.1. The monoisotopic (exact) mass is 2100 g/mol. The molecule has 764 valence electrons. The summed E-state index contributed by atoms with van der Waals surface area (Å²) in [5, 5.41) is 35.0. The van der Waals surface area contributed by atoms with Crippen molar-refractivity contribution >= 4 is 200 Å². The third kappa shape index (κ3) is 30.9. The van der Waals surface area contributed by atoms with Gasteiger partial charge in [-0.15, -0.1) is 11.3 Å². The largest absolute Gasteiger partial charge is 0.443 e. The van der Waals surface area contributed by atoms with Gasteiger partial charge in [-0.3, -0.25) is 29.8 Å². The fraction of sp³-hybridized carbons (Fsp3) is 0.278. The third-order valence-electron chi connectivity index (χ3n) is 25.5. The van der Waals surface area contributed by atoms with E-state index in [0.717, 1.165) is 102 Å². The summed E-state index contributed by atoms with van der Waals surface area (Å²) in [4.78, 5) is 39.6. The van der Waals surface area contributed by atoms with Crippen molar-refractivity contribution in [3.05, 3.63) is 411 Å². The van der Waals surface area contributed by atoms with E-state index in [0.29, 0.717) is 80.7 Å². The number of nitrogens with zero attached hydrogens (tertiary/aromatic N) is 10. The van der Waals surface area contributed by atoms with E-state index in [4.69, 9.17) is 78.5 Å². The molecule has 15 nitrogen and oxygen atoms in total. The second-order valence-electron chi connectivity index (χ2n) is 40.3. The van der Waals surface area contributed by atoms with Crippen molar-refractivity contribution in [3.8, 4) is 0 Å². The lowest BCUT2D eigenvalue weighted by Gasteiger charge is -2.08. The zero-order chi connectivity index (χ0) is 107. The Kier molecular flexibility index (Phi) is 41.4. The van der Waals surface area contributed by atoms with Gasteiger partial charge in [0.15, 0.2) is 17.6 Å². The Morgan fingerprint density at radius 2 is 0.750 bits per heavy atom. The van der Waals surface area contributed by atoms with Crippen molar-refractivity contribution in [1.29, 1.82) is 0 Å². The number of benzene rings is 12. The van der Waals surface area contributed by atoms with Gasteiger partial charge in [-0.1, -0.05) is 312 Å². The number of halogens is 6. The molecule has 0 aliphatic heterocycles. The highest BCUT2D eigenvalue weighted by Crippen LogP contribution is 2.37. The molecule has 0 saturated heterocycles. The number of hydrogen-bond acceptors (Lipinski definition) is 14. The van der Waals surface area contributed by atoms with E-state index < -0.39 is 0 Å². The van der Waals surface area contributed by atoms with Crippen LogP contribution in [0.5, 0.6) is 0 Å². The van der Waals surface area contributed by atoms with Gasteiger partial charge in [-0.2, -0.15) is 15.3 Å². The van der Waals surface area contributed by atoms with Gasteiger partial charge in [-0.25, -0.2) is 9.97 Å². The third-order valence-corrected chi connectivity index (χ3v) is 28.0. The lowest BCUT2D eigenvalue weighted by atomic mass is 9.98. The molecular weight excluding hydrogens is 1970 g/mol. The Morgan fingerprint density at radius 3 is 1.36 bits per heavy atom. The Balaban J connectivity index is 0.000000145. The van der Waals surface area contributed by atoms with Gasteiger partial charge < -0.3 is 13.9 Å². The highest BCUT2D eigenvalue weighted by molar-refractivity contribution is 7.16. The van der Waals surface area contributed by atoms with E-state index in [9.17, 15) is 4.79 Å². The molecule has 10 heterocycles. The first kappa shape index (κ1) is 114. The zero-order valence-corrected chi connectivity index (χ0v) is 94.4. The molecule has 22 heteroatoms. The van der Waals surface area contributed by atoms with Gasteiger partial charge in [0.2, 0.25) is 0 Å². The molecule has 22 aromatic rings. The van der Waals surface area contributed by atoms with E-state index in [1.54, 1.807) is 42.3 Å². The highest BCUT2D eigenvalue weighted by atomic mass is 35.5. The summed E-state index contributed by atoms with van der Waals surface area (Å²) in [6, 6.07) is 80.8. The smallest absolute Gasteiger partial charge is 0.255 e. The Morgan fingerprint density at radius 1 is 0.304 bits per heavy atom. The van der Waals surface area contributed by atoms with Crippen LogP contribution in [-0.2, 0) is 0 Å². The molecule has 2 N–H and O–H groups in total. The Labute approximate surface area is 904 Å². The number of hydrogen-bond donors (Lipinski definition) is 2. The van der Waals surface area contributed by atoms with E-state index >= 15 is 0 Å². The first-order chi connectivity index (χ1) is 70.7. The quantitative estimate of drug-likeness (QED) is 0.124. The predicted molar refractivity (Wildman–Crippen MR) is 633 cm³/mol. The molecule has 0 aliphatic carbocycles. The maximum atomic E-state index is 11.4. The average molecular weight is 2110 g/mol. The SMILES string of the molecule is CC(C)c1cc(Cl)c2[nH]ncc2c1.CC(C)c1cc(Cl)c2ccccc2c1.CC(C)c1cc(Cl)c2ncccc2c1.CC(C)c1cc(Cl)c2ncoc2c1.CC(C)c1cc(Cl)c2ncsc2c1.CC(C)c1cc(Cl)c2oncc2c1.CC(C)c1ccc2c(=O)[nH]ccc2c1.CC(C)c1ccc2ncccc2c1.CC(C)c1ccc2nnccc2c1.Cc1cc(C(C)C)cc2cccnc12.Cc1ccnc2ccc(C(C)C)cc12. The van der Waals surface area contributed by atoms with Crippen LogP contribution in [0.15, 0.2) is 312 Å². The standard InChI is InChI=1S/C13H13Cl.2C13H15N.C12H12ClN.C12H13NO.C12H13N.C11H12N2.C10H11ClN2.2C10H10ClNO.C10H10ClNS/c1-9(2)11-7-10-5-3-4-6-12(10)13(14)8-11;1-9(2)11-4-5-13-12(8-11)10(3)6-7-14-13;1-9(2)12-7-10(3)13-11(8-12)5-4-6-14-13;1-8(2)10-6-9-4-3-5-14-12(9)11(13)7-10;1-8(2)9-3-4-11-10(7-9)5-6-13-12(11)14;1-9(2)10-5-6-12-11(8-10)4-3-7-13-12;1-8(2)9-3-4-11-10(7-9)5-6-12-13-11;1-6(2)7-3-8-5-12-13-10(8)9(11)4-7;1-6(2)7-3-8(11)10-9(4-7)13-5-12-10;1-6(2)7-3-8-5-12-13-10(8)9(11)4-7;1-6(2)7-3-8(11)10-9(4-7)13-5-12-10/h3-9H,1-2H3;2*4-9H,1-3H3;3-8H,1-2H3;3-8H,1-2H3,(H,13,14);3-9H,1-2H3;3-8H,1-2H3;3-6H,1-2H3,(H,12,13);3*3-6H,1-2H3. The lowest BCUT2D eigenvalue weighted by Crippen LogP contribution is -2.04. The second kappa shape index (κ2) is 53.8. The molecule has 0 unspecified atom stereocenters. The van der Waals surface area contributed by atoms with Crippen LogP contribution in [-0.4, -0.2) is 60.4 Å². The summed E-state index contributed by atoms with van der Waals surface area (Å²) < 4.78 is 11.4. The molecule has 0 radical (unpaired) electrons. The minimum atomic E-state index is -0.0159. The van der Waals surface area contributed by atoms with Gasteiger partial charge in [0, 0.05) is 84.5 Å². The topological polar surface area (TPSA) is 204 Å². The lowest BCUT2D eigenvalue weighted by molar-refractivity contribution is 0.456. The van der Waals surface area contributed by atoms with Gasteiger partial charge in [0.1, 0.15) is 5.52 Å². The number of aryl methyl sites for hydroxylation is 2. The van der Waals surface area contributed by atoms with Crippen molar-refractivity contribution in [2.24, 2.45) is 0 Å². The van der Waals surface area contributed by atoms with Gasteiger partial charge >= 0.3 is 0 Å². The predicted octanol–water partition coefficient (Wildman–Crippen LogP) is 39.3. The molecule has 0 aliphatic rings. The summed E-state index contributed by atoms with van der Waals surface area (Å²) in [6.07, 6.45) is 15.6. The van der Waals surface area contributed by atoms with Crippen LogP contribution in [0.25, 0.3) is 119 Å². The van der Waals surface area contributed by atoms with Gasteiger partial charge in [0.25, 0.3) is 5.56 Å². The molecule has 0 spiro atoms. The van der Waals surface area contributed by atoms with Crippen molar-refractivity contribution in [2.75, 3.05) is 0 Å². The average Bonchev–Trinajstić information content (AvgIpc) is 1.72. The minimum absolute atomic E-state index is 0.0159. The number of rotatable bonds is 11. The van der Waals surface area contributed by atoms with Crippen LogP contribution in [0, 0.1) is 13.8 Å². The maximum Gasteiger partial charge on any atom is 0.255 e. The first-order valence-corrected chi connectivity index (χ1v) is 53.7. The van der Waals surface area contributed by atoms with Crippen molar-refractivity contribution < 1.29 is 8.94 Å². The van der Waals surface area contributed by atoms with Crippen LogP contribution in [0.1, 0.15) is 290 Å². The number of pyridine rings is 5. The number of H-pyrrole nitrogens is 2. The zero-order valence-electron chi connectivity index (χ0n) is 89.0. The van der Waals surface area contributed by atoms with E-state index in [1.807, 2.05) is 127 Å². The van der Waals surface area contributed by atoms with Gasteiger partial charge in [-0.05, 0) is 314 Å². The molecule has 0 bridgehead atoms. The number of aromatic nitrogens is 12. The summed E-state index contributed by atoms with van der Waals surface area (Å²) in [7, 11) is 0. The summed E-state index contributed by atoms with van der Waals surface area (Å²) >= 11 is 38.2. The minimum Gasteiger partial charge on any atom is -0.443 e. The molecule has 0 saturated carbocycles. The summed E-state index contributed by atoms with van der Waals surface area (Å²) in [6.45, 7) is 52.0. The normalized spacial score (nSPS) is 11.2. The molecule has 0 atom stereocenters. The number of nitrogens with one attached hydrogen (secondary N) is 2. The van der Waals surface area contributed by atoms with Crippen LogP contribution in [0.2, 0.25) is 30.1 Å². The molecule has 22 rings (SSSR count). The number of fused-ring (bicyclic) bond motifs is 11. The first-order valence-electron chi connectivity index (χ1n) is 50.5. The van der Waals surface area contributed by atoms with Crippen LogP contribution < -0.4 is 5.56 Å². The molecule has 0 amide bonds. The van der Waals surface area contributed by atoms with Crippen molar-refractivity contribution in [3.63, 3.8) is 0 Å². The number of thiazole rings is 1. The Hall–Kier alpha value is -12.9. The van der Waals surface area contributed by atoms with Crippen LogP contribution in [0.4, 0.5) is 0 Å². The van der Waals surface area contributed by atoms with Crippen molar-refractivity contribution in [2.45, 2.75) is 231 Å². The van der Waals surface area contributed by atoms with E-state index in [2.05, 4.69) is 360 Å². The molecular formula is C126H134Cl6N12O3S. The van der Waals surface area contributed by atoms with Crippen LogP contribution in [0.3, 0.4) is 0 Å². The molecule has 10 aromatic heterocycles. The number of aromatic amines is 2. The van der Waals surface area contributed by atoms with E-state index in [1.165, 1.54) is 110 Å². The second-order valence-corrected chi connectivity index (χ2v) is 43.6. The van der Waals surface area contributed by atoms with Gasteiger partial charge in [0.05, 0.1) is 92.5 Å². The summed E-state index contributed by atoms with van der Waals surface area (Å²) in [5.41, 5.74) is 27.8. The van der Waals surface area contributed by atoms with Crippen molar-refractivity contribution in [1.82, 2.24) is 60.4 Å². The highest BCUT2D eigenvalue weighted by Gasteiger charge is 2.16. The summed E-state index contributed by atoms with van der Waals surface area (Å²) in [5.74, 6) is 5.77. The Bertz CT molecular complexity index is 7610. The fourth-order valence-corrected chi connectivity index (χ4v) is 18.6. The van der Waals surface area contributed by atoms with E-state index in [-0.39, 0.29) is 5.56 Å². The maximum absolute atomic E-state index is 11.4. The molecule has 148 heavy (non-hydrogen) atoms. The molecule has 12 aromatic carbocycles. The molecule has 0 fully saturated rings. The number of oxazole rings is 1.